The molecule has 0 rings (SSSR count). The third-order valence-electron chi connectivity index (χ3n) is 3.18. The number of carbonyl (C=O) groups is 1. The van der Waals surface area contributed by atoms with E-state index in [9.17, 15) is 4.79 Å². The highest BCUT2D eigenvalue weighted by atomic mass is 16.1. The second kappa shape index (κ2) is 4.06. The zero-order valence-corrected chi connectivity index (χ0v) is 9.27. The molecule has 0 heterocycles. The Labute approximate surface area is 76.6 Å². The van der Waals surface area contributed by atoms with Gasteiger partial charge in [0.05, 0.1) is 0 Å². The van der Waals surface area contributed by atoms with Crippen molar-refractivity contribution in [2.45, 2.75) is 48.0 Å². The first-order valence-corrected chi connectivity index (χ1v) is 4.87. The van der Waals surface area contributed by atoms with Crippen molar-refractivity contribution in [3.63, 3.8) is 0 Å². The van der Waals surface area contributed by atoms with E-state index in [1.807, 2.05) is 6.92 Å². The molecule has 12 heavy (non-hydrogen) atoms. The van der Waals surface area contributed by atoms with Crippen molar-refractivity contribution in [1.29, 1.82) is 0 Å². The monoisotopic (exact) mass is 170 g/mol. The van der Waals surface area contributed by atoms with Crippen LogP contribution in [0, 0.1) is 17.3 Å². The van der Waals surface area contributed by atoms with E-state index in [0.29, 0.717) is 24.0 Å². The fraction of sp³-hybridized carbons (Fsp3) is 0.909. The van der Waals surface area contributed by atoms with Gasteiger partial charge in [0.25, 0.3) is 0 Å². The topological polar surface area (TPSA) is 17.1 Å². The van der Waals surface area contributed by atoms with Crippen LogP contribution in [0.25, 0.3) is 0 Å². The van der Waals surface area contributed by atoms with Gasteiger partial charge in [0.15, 0.2) is 0 Å². The first-order chi connectivity index (χ1) is 5.34. The second-order valence-corrected chi connectivity index (χ2v) is 4.53. The summed E-state index contributed by atoms with van der Waals surface area (Å²) < 4.78 is 0. The number of Topliss-reactive ketones (excluding diaryl/α,β-unsaturated/α-hetero) is 1. The van der Waals surface area contributed by atoms with Crippen molar-refractivity contribution in [3.05, 3.63) is 0 Å². The zero-order valence-electron chi connectivity index (χ0n) is 9.27. The van der Waals surface area contributed by atoms with Gasteiger partial charge in [-0.05, 0) is 11.8 Å². The Morgan fingerprint density at radius 1 is 1.25 bits per heavy atom. The Morgan fingerprint density at radius 2 is 1.67 bits per heavy atom. The van der Waals surface area contributed by atoms with Gasteiger partial charge in [-0.1, -0.05) is 41.5 Å². The lowest BCUT2D eigenvalue weighted by molar-refractivity contribution is -0.130. The molecule has 0 amide bonds. The Bertz CT molecular complexity index is 156. The van der Waals surface area contributed by atoms with Crippen molar-refractivity contribution in [1.82, 2.24) is 0 Å². The number of ketones is 1. The SMILES string of the molecule is CCC(=O)C(C)(C)C(C)C(C)C. The van der Waals surface area contributed by atoms with Gasteiger partial charge in [-0.3, -0.25) is 4.79 Å². The van der Waals surface area contributed by atoms with Crippen molar-refractivity contribution in [2.24, 2.45) is 17.3 Å². The van der Waals surface area contributed by atoms with Gasteiger partial charge in [0, 0.05) is 11.8 Å². The Balaban J connectivity index is 4.48. The molecule has 0 aromatic heterocycles. The molecule has 0 N–H and O–H groups in total. The van der Waals surface area contributed by atoms with Crippen molar-refractivity contribution in [3.8, 4) is 0 Å². The van der Waals surface area contributed by atoms with Crippen LogP contribution in [0.2, 0.25) is 0 Å². The van der Waals surface area contributed by atoms with E-state index in [1.165, 1.54) is 0 Å². The highest BCUT2D eigenvalue weighted by Crippen LogP contribution is 2.33. The molecular formula is C11H22O. The zero-order chi connectivity index (χ0) is 9.94. The average molecular weight is 170 g/mol. The molecule has 1 unspecified atom stereocenters. The van der Waals surface area contributed by atoms with E-state index in [0.717, 1.165) is 0 Å². The number of carbonyl (C=O) groups excluding carboxylic acids is 1. The molecule has 1 heteroatoms. The lowest BCUT2D eigenvalue weighted by Crippen LogP contribution is -2.33. The van der Waals surface area contributed by atoms with Crippen molar-refractivity contribution >= 4 is 5.78 Å². The summed E-state index contributed by atoms with van der Waals surface area (Å²) in [4.78, 5) is 11.6. The van der Waals surface area contributed by atoms with E-state index in [2.05, 4.69) is 34.6 Å². The van der Waals surface area contributed by atoms with E-state index in [1.54, 1.807) is 0 Å². The molecule has 0 radical (unpaired) electrons. The molecule has 0 spiro atoms. The maximum Gasteiger partial charge on any atom is 0.138 e. The maximum absolute atomic E-state index is 11.6. The smallest absolute Gasteiger partial charge is 0.138 e. The van der Waals surface area contributed by atoms with Crippen LogP contribution in [0.15, 0.2) is 0 Å². The van der Waals surface area contributed by atoms with E-state index in [4.69, 9.17) is 0 Å². The minimum absolute atomic E-state index is 0.150. The highest BCUT2D eigenvalue weighted by molar-refractivity contribution is 5.84. The Kier molecular flexibility index (Phi) is 3.95. The lowest BCUT2D eigenvalue weighted by atomic mass is 9.71. The summed E-state index contributed by atoms with van der Waals surface area (Å²) in [6, 6.07) is 0. The predicted octanol–water partition coefficient (Wildman–Crippen LogP) is 3.28. The largest absolute Gasteiger partial charge is 0.299 e. The first kappa shape index (κ1) is 11.7. The standard InChI is InChI=1S/C11H22O/c1-7-10(12)11(5,6)9(4)8(2)3/h8-9H,7H2,1-6H3. The van der Waals surface area contributed by atoms with Crippen molar-refractivity contribution in [2.75, 3.05) is 0 Å². The van der Waals surface area contributed by atoms with Gasteiger partial charge in [0.1, 0.15) is 5.78 Å². The van der Waals surface area contributed by atoms with Crippen molar-refractivity contribution < 1.29 is 4.79 Å². The van der Waals surface area contributed by atoms with Crippen LogP contribution in [-0.2, 0) is 4.79 Å². The molecule has 0 saturated heterocycles. The van der Waals surface area contributed by atoms with E-state index < -0.39 is 0 Å². The lowest BCUT2D eigenvalue weighted by Gasteiger charge is -2.32. The summed E-state index contributed by atoms with van der Waals surface area (Å²) in [5, 5.41) is 0. The summed E-state index contributed by atoms with van der Waals surface area (Å²) in [5.41, 5.74) is -0.150. The van der Waals surface area contributed by atoms with E-state index in [-0.39, 0.29) is 5.41 Å². The van der Waals surface area contributed by atoms with Crippen LogP contribution in [0.1, 0.15) is 48.0 Å². The van der Waals surface area contributed by atoms with Crippen LogP contribution >= 0.6 is 0 Å². The number of rotatable bonds is 4. The Hall–Kier alpha value is -0.330. The summed E-state index contributed by atoms with van der Waals surface area (Å²) in [7, 11) is 0. The minimum Gasteiger partial charge on any atom is -0.299 e. The fourth-order valence-corrected chi connectivity index (χ4v) is 1.54. The Morgan fingerprint density at radius 3 is 1.92 bits per heavy atom. The second-order valence-electron chi connectivity index (χ2n) is 4.53. The van der Waals surface area contributed by atoms with Crippen LogP contribution in [0.3, 0.4) is 0 Å². The normalized spacial score (nSPS) is 14.9. The summed E-state index contributed by atoms with van der Waals surface area (Å²) >= 11 is 0. The molecule has 0 fully saturated rings. The number of hydrogen-bond acceptors (Lipinski definition) is 1. The summed E-state index contributed by atoms with van der Waals surface area (Å²) in [5.74, 6) is 1.42. The summed E-state index contributed by atoms with van der Waals surface area (Å²) in [6.45, 7) is 12.6. The predicted molar refractivity (Wildman–Crippen MR) is 53.1 cm³/mol. The number of hydrogen-bond donors (Lipinski definition) is 0. The third kappa shape index (κ3) is 2.33. The van der Waals surface area contributed by atoms with Gasteiger partial charge >= 0.3 is 0 Å². The molecule has 1 nitrogen and oxygen atoms in total. The average Bonchev–Trinajstić information content (AvgIpc) is 2.01. The molecule has 72 valence electrons. The van der Waals surface area contributed by atoms with Gasteiger partial charge in [0.2, 0.25) is 0 Å². The summed E-state index contributed by atoms with van der Waals surface area (Å²) in [6.07, 6.45) is 0.657. The van der Waals surface area contributed by atoms with Crippen LogP contribution < -0.4 is 0 Å². The van der Waals surface area contributed by atoms with Gasteiger partial charge < -0.3 is 0 Å². The van der Waals surface area contributed by atoms with Gasteiger partial charge in [-0.2, -0.15) is 0 Å². The molecule has 0 bridgehead atoms. The molecule has 1 atom stereocenters. The van der Waals surface area contributed by atoms with Gasteiger partial charge in [-0.25, -0.2) is 0 Å². The fourth-order valence-electron chi connectivity index (χ4n) is 1.54. The molecule has 0 aliphatic carbocycles. The van der Waals surface area contributed by atoms with Crippen LogP contribution in [0.5, 0.6) is 0 Å². The first-order valence-electron chi connectivity index (χ1n) is 4.87. The van der Waals surface area contributed by atoms with Crippen LogP contribution in [0.4, 0.5) is 0 Å². The molecular weight excluding hydrogens is 148 g/mol. The molecule has 0 aliphatic heterocycles. The maximum atomic E-state index is 11.6. The van der Waals surface area contributed by atoms with E-state index >= 15 is 0 Å². The molecule has 0 saturated carbocycles. The highest BCUT2D eigenvalue weighted by Gasteiger charge is 2.33. The minimum atomic E-state index is -0.150. The van der Waals surface area contributed by atoms with Gasteiger partial charge in [-0.15, -0.1) is 0 Å². The quantitative estimate of drug-likeness (QED) is 0.632. The third-order valence-corrected chi connectivity index (χ3v) is 3.18. The molecule has 0 aromatic carbocycles. The van der Waals surface area contributed by atoms with Crippen LogP contribution in [-0.4, -0.2) is 5.78 Å². The molecule has 0 aromatic rings. The molecule has 0 aliphatic rings.